The summed E-state index contributed by atoms with van der Waals surface area (Å²) < 4.78 is 8.19. The molecule has 0 aliphatic carbocycles. The van der Waals surface area contributed by atoms with Crippen molar-refractivity contribution in [1.29, 1.82) is 0 Å². The van der Waals surface area contributed by atoms with Crippen molar-refractivity contribution in [2.75, 3.05) is 7.11 Å². The highest BCUT2D eigenvalue weighted by Gasteiger charge is 2.05. The average molecular weight is 312 g/mol. The van der Waals surface area contributed by atoms with Crippen molar-refractivity contribution >= 4 is 27.5 Å². The first-order valence-corrected chi connectivity index (χ1v) is 7.74. The summed E-state index contributed by atoms with van der Waals surface area (Å²) in [6.45, 7) is 0. The third kappa shape index (κ3) is 2.94. The molecule has 0 spiro atoms. The minimum atomic E-state index is -0.146. The van der Waals surface area contributed by atoms with Crippen molar-refractivity contribution < 1.29 is 9.53 Å². The Morgan fingerprint density at radius 2 is 1.91 bits per heavy atom. The van der Waals surface area contributed by atoms with Crippen LogP contribution in [0.5, 0.6) is 5.75 Å². The summed E-state index contributed by atoms with van der Waals surface area (Å²) in [5.41, 5.74) is 2.02. The summed E-state index contributed by atoms with van der Waals surface area (Å²) in [4.78, 5) is 17.1. The summed E-state index contributed by atoms with van der Waals surface area (Å²) in [6, 6.07) is 15.5. The van der Waals surface area contributed by atoms with E-state index < -0.39 is 0 Å². The predicted molar refractivity (Wildman–Crippen MR) is 88.1 cm³/mol. The molecule has 5 heteroatoms. The van der Waals surface area contributed by atoms with Crippen LogP contribution in [-0.4, -0.2) is 17.6 Å². The minimum absolute atomic E-state index is 0.146. The lowest BCUT2D eigenvalue weighted by Crippen LogP contribution is -2.14. The topological polar surface area (TPSA) is 43.6 Å². The van der Waals surface area contributed by atoms with E-state index in [0.717, 1.165) is 26.3 Å². The summed E-state index contributed by atoms with van der Waals surface area (Å²) in [6.07, 6.45) is 0.290. The van der Waals surface area contributed by atoms with Crippen LogP contribution in [0.3, 0.4) is 0 Å². The number of thiazole rings is 1. The van der Waals surface area contributed by atoms with E-state index in [9.17, 15) is 4.79 Å². The Labute approximate surface area is 132 Å². The number of para-hydroxylation sites is 1. The number of methoxy groups -OCH3 is 1. The molecule has 0 fully saturated rings. The van der Waals surface area contributed by atoms with Crippen LogP contribution in [0, 0.1) is 0 Å². The fraction of sp³-hybridized carbons (Fsp3) is 0.176. The van der Waals surface area contributed by atoms with Gasteiger partial charge in [-0.1, -0.05) is 35.6 Å². The molecule has 0 bridgehead atoms. The molecule has 22 heavy (non-hydrogen) atoms. The van der Waals surface area contributed by atoms with Gasteiger partial charge in [0, 0.05) is 7.05 Å². The first-order chi connectivity index (χ1) is 10.7. The highest BCUT2D eigenvalue weighted by atomic mass is 32.1. The van der Waals surface area contributed by atoms with Crippen LogP contribution in [0.25, 0.3) is 10.2 Å². The number of hydrogen-bond acceptors (Lipinski definition) is 3. The Balaban J connectivity index is 1.86. The molecule has 0 atom stereocenters. The summed E-state index contributed by atoms with van der Waals surface area (Å²) in [5, 5.41) is 0. The number of hydrogen-bond donors (Lipinski definition) is 0. The van der Waals surface area contributed by atoms with E-state index in [4.69, 9.17) is 4.74 Å². The van der Waals surface area contributed by atoms with Crippen LogP contribution in [0.4, 0.5) is 0 Å². The molecule has 2 aromatic carbocycles. The third-order valence-electron chi connectivity index (χ3n) is 3.45. The van der Waals surface area contributed by atoms with Crippen LogP contribution in [0.2, 0.25) is 0 Å². The summed E-state index contributed by atoms with van der Waals surface area (Å²) in [5.74, 6) is 0.636. The van der Waals surface area contributed by atoms with Crippen molar-refractivity contribution in [2.45, 2.75) is 6.42 Å². The number of ether oxygens (including phenoxy) is 1. The minimum Gasteiger partial charge on any atom is -0.497 e. The molecule has 0 unspecified atom stereocenters. The van der Waals surface area contributed by atoms with E-state index in [-0.39, 0.29) is 12.3 Å². The smallest absolute Gasteiger partial charge is 0.252 e. The molecule has 0 aliphatic rings. The number of aromatic nitrogens is 1. The number of aryl methyl sites for hydroxylation is 1. The molecule has 3 aromatic rings. The van der Waals surface area contributed by atoms with Gasteiger partial charge in [0.15, 0.2) is 4.80 Å². The van der Waals surface area contributed by atoms with Crippen LogP contribution < -0.4 is 9.54 Å². The SMILES string of the molecule is COc1ccc(CC(=O)N=c2sc3ccccc3n2C)cc1. The lowest BCUT2D eigenvalue weighted by Gasteiger charge is -2.01. The third-order valence-corrected chi connectivity index (χ3v) is 4.56. The van der Waals surface area contributed by atoms with E-state index in [1.54, 1.807) is 7.11 Å². The van der Waals surface area contributed by atoms with Crippen LogP contribution >= 0.6 is 11.3 Å². The highest BCUT2D eigenvalue weighted by molar-refractivity contribution is 7.16. The lowest BCUT2D eigenvalue weighted by molar-refractivity contribution is -0.117. The van der Waals surface area contributed by atoms with Crippen molar-refractivity contribution in [3.63, 3.8) is 0 Å². The maximum atomic E-state index is 12.2. The van der Waals surface area contributed by atoms with Gasteiger partial charge in [0.2, 0.25) is 0 Å². The second kappa shape index (κ2) is 6.15. The van der Waals surface area contributed by atoms with Gasteiger partial charge in [-0.25, -0.2) is 0 Å². The number of nitrogens with zero attached hydrogens (tertiary/aromatic N) is 2. The van der Waals surface area contributed by atoms with Gasteiger partial charge >= 0.3 is 0 Å². The molecule has 0 radical (unpaired) electrons. The second-order valence-corrected chi connectivity index (χ2v) is 5.95. The van der Waals surface area contributed by atoms with Gasteiger partial charge in [0.05, 0.1) is 23.7 Å². The zero-order chi connectivity index (χ0) is 15.5. The van der Waals surface area contributed by atoms with Crippen molar-refractivity contribution in [1.82, 2.24) is 4.57 Å². The van der Waals surface area contributed by atoms with Crippen molar-refractivity contribution in [3.05, 3.63) is 58.9 Å². The van der Waals surface area contributed by atoms with Gasteiger partial charge in [-0.15, -0.1) is 0 Å². The van der Waals surface area contributed by atoms with Gasteiger partial charge in [-0.05, 0) is 29.8 Å². The monoisotopic (exact) mass is 312 g/mol. The van der Waals surface area contributed by atoms with E-state index in [2.05, 4.69) is 4.99 Å². The summed E-state index contributed by atoms with van der Waals surface area (Å²) >= 11 is 1.52. The second-order valence-electron chi connectivity index (χ2n) is 4.94. The molecule has 1 amide bonds. The van der Waals surface area contributed by atoms with E-state index in [1.165, 1.54) is 11.3 Å². The van der Waals surface area contributed by atoms with Crippen LogP contribution in [-0.2, 0) is 18.3 Å². The van der Waals surface area contributed by atoms with Gasteiger partial charge in [-0.3, -0.25) is 4.79 Å². The standard InChI is InChI=1S/C17H16N2O2S/c1-19-14-5-3-4-6-15(14)22-17(19)18-16(20)11-12-7-9-13(21-2)10-8-12/h3-10H,11H2,1-2H3. The molecular weight excluding hydrogens is 296 g/mol. The molecule has 1 heterocycles. The maximum Gasteiger partial charge on any atom is 0.252 e. The Kier molecular flexibility index (Phi) is 4.06. The lowest BCUT2D eigenvalue weighted by atomic mass is 10.1. The highest BCUT2D eigenvalue weighted by Crippen LogP contribution is 2.15. The van der Waals surface area contributed by atoms with Gasteiger partial charge in [0.25, 0.3) is 5.91 Å². The number of rotatable bonds is 3. The first-order valence-electron chi connectivity index (χ1n) is 6.92. The molecular formula is C17H16N2O2S. The zero-order valence-corrected chi connectivity index (χ0v) is 13.3. The average Bonchev–Trinajstić information content (AvgIpc) is 2.84. The Morgan fingerprint density at radius 1 is 1.18 bits per heavy atom. The molecule has 0 N–H and O–H groups in total. The van der Waals surface area contributed by atoms with E-state index in [1.807, 2.05) is 60.1 Å². The van der Waals surface area contributed by atoms with Crippen molar-refractivity contribution in [2.24, 2.45) is 12.0 Å². The van der Waals surface area contributed by atoms with Gasteiger partial charge < -0.3 is 9.30 Å². The Bertz CT molecular complexity index is 876. The normalized spacial score (nSPS) is 11.8. The number of benzene rings is 2. The number of carbonyl (C=O) groups excluding carboxylic acids is 1. The van der Waals surface area contributed by atoms with Crippen molar-refractivity contribution in [3.8, 4) is 5.75 Å². The van der Waals surface area contributed by atoms with Gasteiger partial charge in [-0.2, -0.15) is 4.99 Å². The molecule has 1 aromatic heterocycles. The quantitative estimate of drug-likeness (QED) is 0.746. The molecule has 4 nitrogen and oxygen atoms in total. The molecule has 0 saturated carbocycles. The summed E-state index contributed by atoms with van der Waals surface area (Å²) in [7, 11) is 3.55. The fourth-order valence-corrected chi connectivity index (χ4v) is 3.29. The van der Waals surface area contributed by atoms with Crippen LogP contribution in [0.15, 0.2) is 53.5 Å². The fourth-order valence-electron chi connectivity index (χ4n) is 2.25. The Hall–Kier alpha value is -2.40. The molecule has 3 rings (SSSR count). The number of fused-ring (bicyclic) bond motifs is 1. The predicted octanol–water partition coefficient (Wildman–Crippen LogP) is 2.92. The Morgan fingerprint density at radius 3 is 2.59 bits per heavy atom. The number of carbonyl (C=O) groups is 1. The molecule has 112 valence electrons. The number of amides is 1. The zero-order valence-electron chi connectivity index (χ0n) is 12.4. The first kappa shape index (κ1) is 14.5. The van der Waals surface area contributed by atoms with E-state index in [0.29, 0.717) is 0 Å². The molecule has 0 saturated heterocycles. The maximum absolute atomic E-state index is 12.2. The van der Waals surface area contributed by atoms with Crippen LogP contribution in [0.1, 0.15) is 5.56 Å². The molecule has 0 aliphatic heterocycles. The van der Waals surface area contributed by atoms with E-state index >= 15 is 0 Å². The largest absolute Gasteiger partial charge is 0.497 e. The van der Waals surface area contributed by atoms with Gasteiger partial charge in [0.1, 0.15) is 5.75 Å².